The number of benzene rings is 2. The molecule has 1 heterocycles. The van der Waals surface area contributed by atoms with Crippen molar-refractivity contribution in [2.45, 2.75) is 0 Å². The van der Waals surface area contributed by atoms with Crippen LogP contribution in [-0.2, 0) is 0 Å². The number of nitrogens with zero attached hydrogens (tertiary/aromatic N) is 1. The molecule has 19 heavy (non-hydrogen) atoms. The summed E-state index contributed by atoms with van der Waals surface area (Å²) in [5.41, 5.74) is 5.35. The summed E-state index contributed by atoms with van der Waals surface area (Å²) < 4.78 is 5.35. The van der Waals surface area contributed by atoms with Crippen LogP contribution in [0.4, 0.5) is 17.3 Å². The zero-order chi connectivity index (χ0) is 12.9. The first-order valence-electron chi connectivity index (χ1n) is 6.14. The van der Waals surface area contributed by atoms with Gasteiger partial charge >= 0.3 is 0 Å². The van der Waals surface area contributed by atoms with Crippen molar-refractivity contribution in [3.05, 3.63) is 79.1 Å². The lowest BCUT2D eigenvalue weighted by Crippen LogP contribution is -2.23. The molecule has 1 N–H and O–H groups in total. The van der Waals surface area contributed by atoms with Crippen LogP contribution in [0.25, 0.3) is 0 Å². The van der Waals surface area contributed by atoms with Crippen molar-refractivity contribution in [2.24, 2.45) is 0 Å². The van der Waals surface area contributed by atoms with Gasteiger partial charge in [-0.05, 0) is 30.3 Å². The highest BCUT2D eigenvalue weighted by Gasteiger charge is 2.09. The van der Waals surface area contributed by atoms with E-state index in [0.29, 0.717) is 5.88 Å². The zero-order valence-corrected chi connectivity index (χ0v) is 10.4. The Morgan fingerprint density at radius 3 is 1.74 bits per heavy atom. The van der Waals surface area contributed by atoms with Gasteiger partial charge in [0.25, 0.3) is 0 Å². The van der Waals surface area contributed by atoms with Gasteiger partial charge in [0.05, 0.1) is 17.6 Å². The van der Waals surface area contributed by atoms with Gasteiger partial charge in [0, 0.05) is 6.07 Å². The average molecular weight is 250 g/mol. The fraction of sp³-hybridized carbons (Fsp3) is 0. The van der Waals surface area contributed by atoms with Crippen molar-refractivity contribution in [1.82, 2.24) is 0 Å². The summed E-state index contributed by atoms with van der Waals surface area (Å²) in [6.45, 7) is 0. The molecule has 0 spiro atoms. The van der Waals surface area contributed by atoms with Gasteiger partial charge in [-0.25, -0.2) is 0 Å². The van der Waals surface area contributed by atoms with Crippen molar-refractivity contribution in [3.8, 4) is 0 Å². The molecule has 0 saturated carbocycles. The largest absolute Gasteiger partial charge is 0.447 e. The molecule has 0 saturated heterocycles. The Bertz CT molecular complexity index is 566. The smallest absolute Gasteiger partial charge is 0.211 e. The number of para-hydroxylation sites is 2. The predicted octanol–water partition coefficient (Wildman–Crippen LogP) is 4.44. The second-order valence-corrected chi connectivity index (χ2v) is 4.10. The molecule has 0 amide bonds. The highest BCUT2D eigenvalue weighted by Crippen LogP contribution is 2.25. The Kier molecular flexibility index (Phi) is 3.19. The summed E-state index contributed by atoms with van der Waals surface area (Å²) in [5, 5.41) is 1.98. The lowest BCUT2D eigenvalue weighted by atomic mass is 10.2. The van der Waals surface area contributed by atoms with Gasteiger partial charge in [-0.3, -0.25) is 10.4 Å². The first-order chi connectivity index (χ1) is 9.43. The van der Waals surface area contributed by atoms with Crippen LogP contribution in [0.3, 0.4) is 0 Å². The maximum atomic E-state index is 5.35. The summed E-state index contributed by atoms with van der Waals surface area (Å²) in [5.74, 6) is 0.702. The molecule has 0 atom stereocenters. The average Bonchev–Trinajstić information content (AvgIpc) is 3.00. The van der Waals surface area contributed by atoms with Gasteiger partial charge in [-0.2, -0.15) is 0 Å². The van der Waals surface area contributed by atoms with E-state index >= 15 is 0 Å². The maximum Gasteiger partial charge on any atom is 0.211 e. The fourth-order valence-corrected chi connectivity index (χ4v) is 1.88. The van der Waals surface area contributed by atoms with Gasteiger partial charge in [0.1, 0.15) is 0 Å². The normalized spacial score (nSPS) is 10.1. The third kappa shape index (κ3) is 2.60. The second kappa shape index (κ2) is 5.31. The summed E-state index contributed by atoms with van der Waals surface area (Å²) >= 11 is 0. The molecule has 94 valence electrons. The molecule has 0 radical (unpaired) electrons. The molecule has 3 rings (SSSR count). The third-order valence-corrected chi connectivity index (χ3v) is 2.77. The number of furan rings is 1. The predicted molar refractivity (Wildman–Crippen MR) is 77.4 cm³/mol. The van der Waals surface area contributed by atoms with Crippen LogP contribution >= 0.6 is 0 Å². The molecule has 0 aliphatic heterocycles. The lowest BCUT2D eigenvalue weighted by molar-refractivity contribution is 0.579. The zero-order valence-electron chi connectivity index (χ0n) is 10.4. The SMILES string of the molecule is c1ccc(N(Nc2ccco2)c2ccccc2)cc1. The van der Waals surface area contributed by atoms with Crippen LogP contribution in [0.2, 0.25) is 0 Å². The maximum absolute atomic E-state index is 5.35. The standard InChI is InChI=1S/C16H14N2O/c1-3-8-14(9-4-1)18(15-10-5-2-6-11-15)17-16-12-7-13-19-16/h1-13,17H. The molecule has 2 aromatic carbocycles. The molecule has 3 aromatic rings. The van der Waals surface area contributed by atoms with E-state index in [1.807, 2.05) is 77.8 Å². The number of nitrogens with one attached hydrogen (secondary N) is 1. The van der Waals surface area contributed by atoms with E-state index in [1.54, 1.807) is 6.26 Å². The fourth-order valence-electron chi connectivity index (χ4n) is 1.88. The molecule has 0 aliphatic carbocycles. The highest BCUT2D eigenvalue weighted by atomic mass is 16.3. The molecule has 0 bridgehead atoms. The van der Waals surface area contributed by atoms with Crippen LogP contribution in [0.15, 0.2) is 83.5 Å². The summed E-state index contributed by atoms with van der Waals surface area (Å²) in [6.07, 6.45) is 1.65. The molecule has 0 fully saturated rings. The first-order valence-corrected chi connectivity index (χ1v) is 6.14. The van der Waals surface area contributed by atoms with Crippen molar-refractivity contribution in [3.63, 3.8) is 0 Å². The number of anilines is 3. The van der Waals surface area contributed by atoms with Gasteiger partial charge < -0.3 is 4.42 Å². The minimum absolute atomic E-state index is 0.702. The molecule has 3 heteroatoms. The van der Waals surface area contributed by atoms with Crippen molar-refractivity contribution < 1.29 is 4.42 Å². The quantitative estimate of drug-likeness (QED) is 0.694. The summed E-state index contributed by atoms with van der Waals surface area (Å²) in [4.78, 5) is 0. The Hall–Kier alpha value is -2.68. The number of hydrazine groups is 1. The summed E-state index contributed by atoms with van der Waals surface area (Å²) in [6, 6.07) is 24.0. The lowest BCUT2D eigenvalue weighted by Gasteiger charge is -2.25. The van der Waals surface area contributed by atoms with Crippen molar-refractivity contribution in [2.75, 3.05) is 10.4 Å². The Balaban J connectivity index is 1.96. The van der Waals surface area contributed by atoms with Gasteiger partial charge in [0.15, 0.2) is 0 Å². The number of hydrogen-bond acceptors (Lipinski definition) is 3. The van der Waals surface area contributed by atoms with Crippen molar-refractivity contribution >= 4 is 17.3 Å². The minimum atomic E-state index is 0.702. The van der Waals surface area contributed by atoms with Crippen LogP contribution in [0, 0.1) is 0 Å². The molecule has 3 nitrogen and oxygen atoms in total. The van der Waals surface area contributed by atoms with Gasteiger partial charge in [0.2, 0.25) is 5.88 Å². The van der Waals surface area contributed by atoms with Gasteiger partial charge in [-0.1, -0.05) is 36.4 Å². The topological polar surface area (TPSA) is 28.4 Å². The monoisotopic (exact) mass is 250 g/mol. The van der Waals surface area contributed by atoms with E-state index < -0.39 is 0 Å². The van der Waals surface area contributed by atoms with E-state index in [0.717, 1.165) is 11.4 Å². The molecule has 1 aromatic heterocycles. The molecular weight excluding hydrogens is 236 g/mol. The van der Waals surface area contributed by atoms with E-state index in [-0.39, 0.29) is 0 Å². The van der Waals surface area contributed by atoms with Gasteiger partial charge in [-0.15, -0.1) is 0 Å². The third-order valence-electron chi connectivity index (χ3n) is 2.77. The van der Waals surface area contributed by atoms with E-state index in [4.69, 9.17) is 4.42 Å². The van der Waals surface area contributed by atoms with Crippen LogP contribution in [0.5, 0.6) is 0 Å². The number of hydrogen-bond donors (Lipinski definition) is 1. The Morgan fingerprint density at radius 2 is 1.26 bits per heavy atom. The van der Waals surface area contributed by atoms with E-state index in [1.165, 1.54) is 0 Å². The first kappa shape index (κ1) is 11.4. The minimum Gasteiger partial charge on any atom is -0.447 e. The molecule has 0 unspecified atom stereocenters. The Labute approximate surface area is 112 Å². The van der Waals surface area contributed by atoms with E-state index in [9.17, 15) is 0 Å². The molecular formula is C16H14N2O. The van der Waals surface area contributed by atoms with Crippen molar-refractivity contribution in [1.29, 1.82) is 0 Å². The van der Waals surface area contributed by atoms with E-state index in [2.05, 4.69) is 5.43 Å². The second-order valence-electron chi connectivity index (χ2n) is 4.10. The number of rotatable bonds is 4. The van der Waals surface area contributed by atoms with Crippen LogP contribution in [-0.4, -0.2) is 0 Å². The van der Waals surface area contributed by atoms with Crippen LogP contribution in [0.1, 0.15) is 0 Å². The highest BCUT2D eigenvalue weighted by molar-refractivity contribution is 5.66. The van der Waals surface area contributed by atoms with Crippen LogP contribution < -0.4 is 10.4 Å². The summed E-state index contributed by atoms with van der Waals surface area (Å²) in [7, 11) is 0. The Morgan fingerprint density at radius 1 is 0.684 bits per heavy atom. The molecule has 0 aliphatic rings.